The maximum Gasteiger partial charge on any atom is 0.246 e. The monoisotopic (exact) mass is 310 g/mol. The second-order valence-corrected chi connectivity index (χ2v) is 5.29. The van der Waals surface area contributed by atoms with Crippen molar-refractivity contribution in [2.24, 2.45) is 0 Å². The lowest BCUT2D eigenvalue weighted by atomic mass is 10.2. The summed E-state index contributed by atoms with van der Waals surface area (Å²) in [6, 6.07) is 9.49. The average Bonchev–Trinajstić information content (AvgIpc) is 2.60. The van der Waals surface area contributed by atoms with E-state index in [1.807, 2.05) is 30.3 Å². The molecule has 0 aliphatic carbocycles. The molecular formula is C18H18N2O3. The summed E-state index contributed by atoms with van der Waals surface area (Å²) in [4.78, 5) is 17.8. The molecule has 1 amide bonds. The highest BCUT2D eigenvalue weighted by Crippen LogP contribution is 2.31. The number of nitrogens with zero attached hydrogens (tertiary/aromatic N) is 2. The Morgan fingerprint density at radius 1 is 1.26 bits per heavy atom. The van der Waals surface area contributed by atoms with Crippen molar-refractivity contribution in [3.05, 3.63) is 59.9 Å². The van der Waals surface area contributed by atoms with Gasteiger partial charge in [-0.05, 0) is 35.4 Å². The van der Waals surface area contributed by atoms with Crippen LogP contribution in [0.25, 0.3) is 6.08 Å². The van der Waals surface area contributed by atoms with Gasteiger partial charge in [0.15, 0.2) is 11.5 Å². The molecule has 3 rings (SSSR count). The summed E-state index contributed by atoms with van der Waals surface area (Å²) in [7, 11) is 1.77. The van der Waals surface area contributed by atoms with Crippen LogP contribution < -0.4 is 9.47 Å². The molecule has 2 aromatic rings. The molecular weight excluding hydrogens is 292 g/mol. The number of carbonyl (C=O) groups excluding carboxylic acids is 1. The highest BCUT2D eigenvalue weighted by Gasteiger charge is 2.13. The minimum absolute atomic E-state index is 0.0660. The van der Waals surface area contributed by atoms with Crippen LogP contribution in [-0.2, 0) is 11.3 Å². The van der Waals surface area contributed by atoms with Crippen LogP contribution in [0, 0.1) is 0 Å². The number of pyridine rings is 1. The van der Waals surface area contributed by atoms with E-state index in [-0.39, 0.29) is 5.91 Å². The number of fused-ring (bicyclic) bond motifs is 1. The van der Waals surface area contributed by atoms with Crippen LogP contribution in [0.15, 0.2) is 48.8 Å². The van der Waals surface area contributed by atoms with E-state index in [2.05, 4.69) is 4.98 Å². The van der Waals surface area contributed by atoms with Gasteiger partial charge in [-0.15, -0.1) is 0 Å². The predicted octanol–water partition coefficient (Wildman–Crippen LogP) is 2.52. The Morgan fingerprint density at radius 2 is 2.09 bits per heavy atom. The molecule has 5 nitrogen and oxygen atoms in total. The molecule has 0 unspecified atom stereocenters. The maximum absolute atomic E-state index is 12.2. The molecule has 0 saturated heterocycles. The normalized spacial score (nSPS) is 13.1. The standard InChI is InChI=1S/C18H18N2O3/c1-20(18(21)7-5-14-3-2-8-19-12-14)13-15-4-6-16-17(11-15)23-10-9-22-16/h2-8,11-12H,9-10,13H2,1H3/b7-5+. The summed E-state index contributed by atoms with van der Waals surface area (Å²) >= 11 is 0. The Morgan fingerprint density at radius 3 is 2.87 bits per heavy atom. The highest BCUT2D eigenvalue weighted by atomic mass is 16.6. The number of rotatable bonds is 4. The first-order valence-electron chi connectivity index (χ1n) is 7.44. The molecule has 5 heteroatoms. The molecule has 118 valence electrons. The molecule has 0 saturated carbocycles. The lowest BCUT2D eigenvalue weighted by Gasteiger charge is -2.20. The second kappa shape index (κ2) is 6.96. The van der Waals surface area contributed by atoms with Crippen molar-refractivity contribution in [2.45, 2.75) is 6.54 Å². The minimum atomic E-state index is -0.0660. The average molecular weight is 310 g/mol. The van der Waals surface area contributed by atoms with Crippen LogP contribution in [0.1, 0.15) is 11.1 Å². The van der Waals surface area contributed by atoms with E-state index < -0.39 is 0 Å². The molecule has 2 heterocycles. The van der Waals surface area contributed by atoms with Crippen LogP contribution in [0.4, 0.5) is 0 Å². The van der Waals surface area contributed by atoms with E-state index in [1.165, 1.54) is 0 Å². The molecule has 1 aliphatic rings. The van der Waals surface area contributed by atoms with Gasteiger partial charge >= 0.3 is 0 Å². The Hall–Kier alpha value is -2.82. The van der Waals surface area contributed by atoms with E-state index in [4.69, 9.17) is 9.47 Å². The Labute approximate surface area is 135 Å². The lowest BCUT2D eigenvalue weighted by molar-refractivity contribution is -0.125. The van der Waals surface area contributed by atoms with E-state index in [0.29, 0.717) is 19.8 Å². The topological polar surface area (TPSA) is 51.7 Å². The van der Waals surface area contributed by atoms with Gasteiger partial charge in [-0.3, -0.25) is 9.78 Å². The fraction of sp³-hybridized carbons (Fsp3) is 0.222. The van der Waals surface area contributed by atoms with Gasteiger partial charge in [0, 0.05) is 32.1 Å². The highest BCUT2D eigenvalue weighted by molar-refractivity contribution is 5.91. The quantitative estimate of drug-likeness (QED) is 0.814. The molecule has 0 N–H and O–H groups in total. The molecule has 1 aliphatic heterocycles. The number of hydrogen-bond acceptors (Lipinski definition) is 4. The maximum atomic E-state index is 12.2. The summed E-state index contributed by atoms with van der Waals surface area (Å²) < 4.78 is 11.1. The van der Waals surface area contributed by atoms with Gasteiger partial charge in [-0.1, -0.05) is 12.1 Å². The first kappa shape index (κ1) is 15.1. The first-order chi connectivity index (χ1) is 11.2. The largest absolute Gasteiger partial charge is 0.486 e. The van der Waals surface area contributed by atoms with Gasteiger partial charge in [0.1, 0.15) is 13.2 Å². The van der Waals surface area contributed by atoms with Crippen LogP contribution in [0.2, 0.25) is 0 Å². The third-order valence-electron chi connectivity index (χ3n) is 3.51. The van der Waals surface area contributed by atoms with Crippen LogP contribution >= 0.6 is 0 Å². The van der Waals surface area contributed by atoms with Gasteiger partial charge in [0.25, 0.3) is 0 Å². The zero-order chi connectivity index (χ0) is 16.1. The lowest BCUT2D eigenvalue weighted by Crippen LogP contribution is -2.24. The van der Waals surface area contributed by atoms with E-state index in [9.17, 15) is 4.79 Å². The van der Waals surface area contributed by atoms with Crippen molar-refractivity contribution in [1.82, 2.24) is 9.88 Å². The number of amides is 1. The number of hydrogen-bond donors (Lipinski definition) is 0. The van der Waals surface area contributed by atoms with Crippen molar-refractivity contribution in [3.63, 3.8) is 0 Å². The van der Waals surface area contributed by atoms with Crippen LogP contribution in [-0.4, -0.2) is 36.1 Å². The summed E-state index contributed by atoms with van der Waals surface area (Å²) in [5, 5.41) is 0. The molecule has 1 aromatic carbocycles. The second-order valence-electron chi connectivity index (χ2n) is 5.29. The Kier molecular flexibility index (Phi) is 4.57. The van der Waals surface area contributed by atoms with Gasteiger partial charge < -0.3 is 14.4 Å². The smallest absolute Gasteiger partial charge is 0.246 e. The van der Waals surface area contributed by atoms with E-state index in [1.54, 1.807) is 36.5 Å². The fourth-order valence-corrected chi connectivity index (χ4v) is 2.31. The number of carbonyl (C=O) groups is 1. The zero-order valence-corrected chi connectivity index (χ0v) is 12.9. The molecule has 0 radical (unpaired) electrons. The molecule has 0 spiro atoms. The van der Waals surface area contributed by atoms with E-state index in [0.717, 1.165) is 22.6 Å². The van der Waals surface area contributed by atoms with Crippen molar-refractivity contribution in [1.29, 1.82) is 0 Å². The Balaban J connectivity index is 1.63. The predicted molar refractivity (Wildman–Crippen MR) is 87.2 cm³/mol. The number of ether oxygens (including phenoxy) is 2. The summed E-state index contributed by atoms with van der Waals surface area (Å²) in [6.07, 6.45) is 6.72. The molecule has 0 bridgehead atoms. The molecule has 1 aromatic heterocycles. The summed E-state index contributed by atoms with van der Waals surface area (Å²) in [5.74, 6) is 1.43. The summed E-state index contributed by atoms with van der Waals surface area (Å²) in [5.41, 5.74) is 1.90. The SMILES string of the molecule is CN(Cc1ccc2c(c1)OCCO2)C(=O)/C=C/c1cccnc1. The molecule has 23 heavy (non-hydrogen) atoms. The fourth-order valence-electron chi connectivity index (χ4n) is 2.31. The van der Waals surface area contributed by atoms with Crippen LogP contribution in [0.3, 0.4) is 0 Å². The van der Waals surface area contributed by atoms with Crippen LogP contribution in [0.5, 0.6) is 11.5 Å². The van der Waals surface area contributed by atoms with Crippen molar-refractivity contribution in [2.75, 3.05) is 20.3 Å². The van der Waals surface area contributed by atoms with Crippen molar-refractivity contribution >= 4 is 12.0 Å². The van der Waals surface area contributed by atoms with Crippen molar-refractivity contribution < 1.29 is 14.3 Å². The van der Waals surface area contributed by atoms with Crippen molar-refractivity contribution in [3.8, 4) is 11.5 Å². The van der Waals surface area contributed by atoms with E-state index >= 15 is 0 Å². The minimum Gasteiger partial charge on any atom is -0.486 e. The third kappa shape index (κ3) is 3.88. The van der Waals surface area contributed by atoms with Gasteiger partial charge in [-0.25, -0.2) is 0 Å². The zero-order valence-electron chi connectivity index (χ0n) is 12.9. The number of benzene rings is 1. The Bertz CT molecular complexity index is 713. The van der Waals surface area contributed by atoms with Gasteiger partial charge in [-0.2, -0.15) is 0 Å². The first-order valence-corrected chi connectivity index (χ1v) is 7.44. The third-order valence-corrected chi connectivity index (χ3v) is 3.51. The van der Waals surface area contributed by atoms with Gasteiger partial charge in [0.05, 0.1) is 0 Å². The van der Waals surface area contributed by atoms with Gasteiger partial charge in [0.2, 0.25) is 5.91 Å². The molecule has 0 fully saturated rings. The number of aromatic nitrogens is 1. The summed E-state index contributed by atoms with van der Waals surface area (Å²) in [6.45, 7) is 1.63. The molecule has 0 atom stereocenters. The number of likely N-dealkylation sites (N-methyl/N-ethyl adjacent to an activating group) is 1.